The number of nitrogens with one attached hydrogen (secondary N) is 1. The predicted octanol–water partition coefficient (Wildman–Crippen LogP) is -2.27. The molecule has 1 N–H and O–H groups in total. The Balaban J connectivity index is 0.00000484. The van der Waals surface area contributed by atoms with E-state index in [4.69, 9.17) is 23.2 Å². The zero-order valence-corrected chi connectivity index (χ0v) is 34.8. The van der Waals surface area contributed by atoms with Crippen LogP contribution in [0.1, 0.15) is 83.2 Å². The van der Waals surface area contributed by atoms with E-state index >= 15 is 0 Å². The second-order valence-electron chi connectivity index (χ2n) is 11.1. The van der Waals surface area contributed by atoms with Gasteiger partial charge >= 0.3 is 103 Å². The molecule has 1 amide bonds. The number of nitriles is 1. The molecule has 1 aromatic rings. The van der Waals surface area contributed by atoms with E-state index in [9.17, 15) is 36.0 Å². The van der Waals surface area contributed by atoms with Gasteiger partial charge in [-0.3, -0.25) is 4.79 Å². The van der Waals surface area contributed by atoms with Gasteiger partial charge in [0.25, 0.3) is 0 Å². The van der Waals surface area contributed by atoms with E-state index in [-0.39, 0.29) is 157 Å². The van der Waals surface area contributed by atoms with E-state index in [0.29, 0.717) is 25.7 Å². The normalized spacial score (nSPS) is 28.3. The molecule has 0 bridgehead atoms. The predicted molar refractivity (Wildman–Crippen MR) is 153 cm³/mol. The molecule has 3 rings (SSSR count). The fraction of sp³-hybridized carbons (Fsp3) is 0.800. The number of amides is 1. The minimum absolute atomic E-state index is 0. The maximum atomic E-state index is 12.1. The second kappa shape index (κ2) is 19.6. The Labute approximate surface area is 354 Å². The summed E-state index contributed by atoms with van der Waals surface area (Å²) in [5.74, 6) is 0.0434. The summed E-state index contributed by atoms with van der Waals surface area (Å²) in [6, 6.07) is 0.541. The van der Waals surface area contributed by atoms with Crippen LogP contribution in [-0.2, 0) is 25.0 Å². The number of alkyl halides is 2. The molecule has 13 nitrogen and oxygen atoms in total. The molecule has 0 saturated heterocycles. The van der Waals surface area contributed by atoms with Gasteiger partial charge in [0.15, 0.2) is 5.82 Å². The number of aromatic nitrogens is 2. The molecule has 1 aromatic heterocycles. The van der Waals surface area contributed by atoms with E-state index in [1.54, 1.807) is 0 Å². The zero-order chi connectivity index (χ0) is 31.2. The van der Waals surface area contributed by atoms with Crippen molar-refractivity contribution >= 4 is 55.2 Å². The van der Waals surface area contributed by atoms with Gasteiger partial charge in [-0.2, -0.15) is 15.5 Å². The van der Waals surface area contributed by atoms with Gasteiger partial charge in [0, 0.05) is 12.7 Å². The van der Waals surface area contributed by atoms with Crippen LogP contribution in [0.2, 0.25) is 0 Å². The minimum Gasteiger partial charge on any atom is -0.748 e. The number of azo groups is 1. The smallest absolute Gasteiger partial charge is 0.748 e. The maximum absolute atomic E-state index is 12.1. The molecule has 0 spiro atoms. The number of hydrogen-bond donors (Lipinski definition) is 1. The van der Waals surface area contributed by atoms with Gasteiger partial charge < -0.3 is 14.4 Å². The number of nitrogens with zero attached hydrogens (tertiary/aromatic N) is 5. The van der Waals surface area contributed by atoms with Gasteiger partial charge in [0.2, 0.25) is 5.91 Å². The molecule has 0 radical (unpaired) electrons. The average Bonchev–Trinajstić information content (AvgIpc) is 3.28. The van der Waals surface area contributed by atoms with Gasteiger partial charge in [-0.25, -0.2) is 21.5 Å². The third-order valence-electron chi connectivity index (χ3n) is 8.25. The van der Waals surface area contributed by atoms with Gasteiger partial charge in [-0.1, -0.05) is 26.2 Å². The Morgan fingerprint density at radius 3 is 2.32 bits per heavy atom. The molecule has 2 saturated carbocycles. The largest absolute Gasteiger partial charge is 1.00 e. The van der Waals surface area contributed by atoms with Crippen molar-refractivity contribution in [3.8, 4) is 6.07 Å². The molecule has 2 aliphatic rings. The quantitative estimate of drug-likeness (QED) is 0.0803. The molecule has 6 unspecified atom stereocenters. The second-order valence-corrected chi connectivity index (χ2v) is 15.4. The Morgan fingerprint density at radius 1 is 1.16 bits per heavy atom. The van der Waals surface area contributed by atoms with E-state index in [2.05, 4.69) is 27.6 Å². The molecular weight excluding hydrogens is 710 g/mol. The molecule has 0 aliphatic heterocycles. The summed E-state index contributed by atoms with van der Waals surface area (Å²) >= 11 is 13.0. The van der Waals surface area contributed by atoms with E-state index in [1.165, 1.54) is 17.8 Å². The Kier molecular flexibility index (Phi) is 19.3. The Bertz CT molecular complexity index is 1380. The fourth-order valence-electron chi connectivity index (χ4n) is 6.16. The topological polar surface area (TPSA) is 210 Å². The Morgan fingerprint density at radius 2 is 1.80 bits per heavy atom. The summed E-state index contributed by atoms with van der Waals surface area (Å²) in [6.07, 6.45) is 5.65. The summed E-state index contributed by atoms with van der Waals surface area (Å²) in [4.78, 5) is 12.1. The van der Waals surface area contributed by atoms with Crippen LogP contribution in [0.5, 0.6) is 0 Å². The first-order chi connectivity index (χ1) is 19.6. The Hall–Kier alpha value is 1.44. The summed E-state index contributed by atoms with van der Waals surface area (Å²) in [5.41, 5.74) is 0.112. The van der Waals surface area contributed by atoms with Crippen molar-refractivity contribution in [1.82, 2.24) is 15.1 Å². The van der Waals surface area contributed by atoms with Gasteiger partial charge in [-0.05, 0) is 50.4 Å². The molecule has 19 heteroatoms. The van der Waals surface area contributed by atoms with Gasteiger partial charge in [-0.15, -0.1) is 28.3 Å². The third-order valence-corrected chi connectivity index (χ3v) is 11.1. The maximum Gasteiger partial charge on any atom is 1.00 e. The number of unbranched alkanes of at least 4 members (excludes halogenated alkanes) is 1. The number of carbonyl (C=O) groups is 1. The van der Waals surface area contributed by atoms with Crippen LogP contribution in [0.4, 0.5) is 5.82 Å². The number of halogens is 2. The van der Waals surface area contributed by atoms with Crippen molar-refractivity contribution in [2.24, 2.45) is 22.1 Å². The van der Waals surface area contributed by atoms with E-state index < -0.39 is 48.3 Å². The fourth-order valence-corrected chi connectivity index (χ4v) is 8.88. The molecular formula is C25H36Cl2K2N6O7S2. The van der Waals surface area contributed by atoms with Crippen molar-refractivity contribution in [2.45, 2.75) is 106 Å². The number of carbonyl (C=O) groups excluding carboxylic acids is 1. The zero-order valence-electron chi connectivity index (χ0n) is 25.4. The minimum atomic E-state index is -4.59. The van der Waals surface area contributed by atoms with Crippen LogP contribution < -0.4 is 108 Å². The number of hydrogen-bond acceptors (Lipinski definition) is 11. The van der Waals surface area contributed by atoms with Crippen molar-refractivity contribution in [3.05, 3.63) is 11.8 Å². The van der Waals surface area contributed by atoms with Crippen molar-refractivity contribution < 1.29 is 134 Å². The first kappa shape index (κ1) is 43.5. The van der Waals surface area contributed by atoms with Crippen LogP contribution >= 0.6 is 23.2 Å². The average molecular weight is 746 g/mol. The molecule has 1 heterocycles. The van der Waals surface area contributed by atoms with Crippen LogP contribution in [0.25, 0.3) is 0 Å². The van der Waals surface area contributed by atoms with Crippen LogP contribution in [0.3, 0.4) is 0 Å². The van der Waals surface area contributed by atoms with Crippen LogP contribution in [0.15, 0.2) is 16.4 Å². The molecule has 6 atom stereocenters. The first-order valence-electron chi connectivity index (χ1n) is 14.0. The standard InChI is InChI=1S/C25H38Cl2N6O7S2.2K/c1-3-16(6-4-5-9-41(35,36)37)17-7-8-22(23(10-17)30-15(2)34)31-32-25-18(13-28)14-29-33(25)24-20(26)11-19(12-21(24)27)42(38,39)40;;/h14,16-17,19-24H,3-12H2,1-2H3,(H,30,34)(H,35,36,37)(H,38,39,40);;/q;2*+1/p-2. The monoisotopic (exact) mass is 744 g/mol. The van der Waals surface area contributed by atoms with E-state index in [1.807, 2.05) is 6.07 Å². The summed E-state index contributed by atoms with van der Waals surface area (Å²) in [5, 5.41) is 22.8. The summed E-state index contributed by atoms with van der Waals surface area (Å²) in [7, 11) is -8.82. The van der Waals surface area contributed by atoms with Crippen molar-refractivity contribution in [1.29, 1.82) is 5.26 Å². The van der Waals surface area contributed by atoms with E-state index in [0.717, 1.165) is 19.3 Å². The SMILES string of the molecule is CCC(CCCCS(=O)(=O)[O-])C1CCC(N=Nc2c(C#N)cnn2C2C(Cl)CC(S(=O)(=O)[O-])CC2Cl)C(NC(C)=O)C1.[K+].[K+]. The summed E-state index contributed by atoms with van der Waals surface area (Å²) in [6.45, 7) is 3.48. The molecule has 0 aromatic carbocycles. The third kappa shape index (κ3) is 12.7. The van der Waals surface area contributed by atoms with Crippen LogP contribution in [0, 0.1) is 23.2 Å². The molecule has 44 heavy (non-hydrogen) atoms. The summed E-state index contributed by atoms with van der Waals surface area (Å²) < 4.78 is 68.9. The van der Waals surface area contributed by atoms with Crippen molar-refractivity contribution in [3.63, 3.8) is 0 Å². The van der Waals surface area contributed by atoms with Gasteiger partial charge in [0.05, 0.1) is 60.6 Å². The number of rotatable bonds is 12. The van der Waals surface area contributed by atoms with Crippen LogP contribution in [-0.4, -0.2) is 75.5 Å². The molecule has 2 fully saturated rings. The molecule has 236 valence electrons. The first-order valence-corrected chi connectivity index (χ1v) is 17.9. The van der Waals surface area contributed by atoms with Gasteiger partial charge in [0.1, 0.15) is 11.6 Å². The van der Waals surface area contributed by atoms with Crippen molar-refractivity contribution in [2.75, 3.05) is 5.75 Å². The molecule has 2 aliphatic carbocycles.